The van der Waals surface area contributed by atoms with Crippen LogP contribution >= 0.6 is 0 Å². The van der Waals surface area contributed by atoms with Gasteiger partial charge in [0.05, 0.1) is 5.60 Å². The highest BCUT2D eigenvalue weighted by molar-refractivity contribution is 6.97. The van der Waals surface area contributed by atoms with E-state index >= 15 is 0 Å². The van der Waals surface area contributed by atoms with Crippen LogP contribution in [-0.4, -0.2) is 13.9 Å². The molecule has 116 valence electrons. The minimum Gasteiger partial charge on any atom is -0.402 e. The van der Waals surface area contributed by atoms with Crippen LogP contribution in [0.2, 0.25) is 6.04 Å². The third-order valence-electron chi connectivity index (χ3n) is 5.64. The number of hydrogen-bond donors (Lipinski definition) is 0. The van der Waals surface area contributed by atoms with Crippen molar-refractivity contribution in [3.63, 3.8) is 0 Å². The highest BCUT2D eigenvalue weighted by Gasteiger charge is 2.53. The first-order chi connectivity index (χ1) is 10.4. The normalized spacial score (nSPS) is 22.2. The van der Waals surface area contributed by atoms with Crippen molar-refractivity contribution in [2.24, 2.45) is 5.41 Å². The summed E-state index contributed by atoms with van der Waals surface area (Å²) in [7, 11) is -2.16. The van der Waals surface area contributed by atoms with Gasteiger partial charge < -0.3 is 4.43 Å². The zero-order chi connectivity index (χ0) is 15.8. The molecule has 1 heterocycles. The van der Waals surface area contributed by atoms with Crippen molar-refractivity contribution in [1.82, 2.24) is 0 Å². The van der Waals surface area contributed by atoms with Crippen molar-refractivity contribution in [1.29, 1.82) is 0 Å². The smallest absolute Gasteiger partial charge is 0.256 e. The van der Waals surface area contributed by atoms with Crippen molar-refractivity contribution in [3.05, 3.63) is 60.7 Å². The highest BCUT2D eigenvalue weighted by atomic mass is 28.4. The Hall–Kier alpha value is -1.38. The zero-order valence-corrected chi connectivity index (χ0v) is 15.1. The molecule has 0 amide bonds. The molecule has 0 N–H and O–H groups in total. The second-order valence-corrected chi connectivity index (χ2v) is 11.1. The topological polar surface area (TPSA) is 9.23 Å². The summed E-state index contributed by atoms with van der Waals surface area (Å²) in [5.74, 6) is 0. The van der Waals surface area contributed by atoms with Gasteiger partial charge in [-0.1, -0.05) is 74.5 Å². The Kier molecular flexibility index (Phi) is 3.78. The van der Waals surface area contributed by atoms with E-state index in [4.69, 9.17) is 4.43 Å². The lowest BCUT2D eigenvalue weighted by molar-refractivity contribution is -0.0357. The minimum absolute atomic E-state index is 0.122. The lowest BCUT2D eigenvalue weighted by Crippen LogP contribution is -2.69. The van der Waals surface area contributed by atoms with Crippen molar-refractivity contribution < 1.29 is 4.43 Å². The average Bonchev–Trinajstić information content (AvgIpc) is 2.52. The SMILES string of the molecule is CC1(C)CC[Si](c2ccccc2)(c2ccccc2)OC1(C)C. The first kappa shape index (κ1) is 15.5. The molecule has 2 aromatic rings. The van der Waals surface area contributed by atoms with Gasteiger partial charge in [-0.15, -0.1) is 0 Å². The van der Waals surface area contributed by atoms with Gasteiger partial charge in [-0.3, -0.25) is 0 Å². The summed E-state index contributed by atoms with van der Waals surface area (Å²) in [5.41, 5.74) is 0.0796. The second-order valence-electron chi connectivity index (χ2n) is 7.56. The largest absolute Gasteiger partial charge is 0.402 e. The van der Waals surface area contributed by atoms with E-state index < -0.39 is 8.32 Å². The second kappa shape index (κ2) is 5.36. The molecule has 1 aliphatic rings. The van der Waals surface area contributed by atoms with E-state index in [-0.39, 0.29) is 11.0 Å². The fourth-order valence-corrected chi connectivity index (χ4v) is 8.24. The van der Waals surface area contributed by atoms with E-state index in [0.29, 0.717) is 0 Å². The third kappa shape index (κ3) is 2.44. The van der Waals surface area contributed by atoms with E-state index in [1.165, 1.54) is 16.8 Å². The van der Waals surface area contributed by atoms with Gasteiger partial charge in [-0.25, -0.2) is 0 Å². The predicted octanol–water partition coefficient (Wildman–Crippen LogP) is 3.97. The van der Waals surface area contributed by atoms with Crippen LogP contribution in [0.3, 0.4) is 0 Å². The van der Waals surface area contributed by atoms with E-state index in [9.17, 15) is 0 Å². The first-order valence-corrected chi connectivity index (χ1v) is 10.3. The number of rotatable bonds is 2. The van der Waals surface area contributed by atoms with Crippen molar-refractivity contribution >= 4 is 18.7 Å². The van der Waals surface area contributed by atoms with Crippen molar-refractivity contribution in [2.45, 2.75) is 45.8 Å². The van der Waals surface area contributed by atoms with Gasteiger partial charge in [0.2, 0.25) is 0 Å². The molecule has 2 heteroatoms. The molecular formula is C20H26OSi. The summed E-state index contributed by atoms with van der Waals surface area (Å²) in [6.07, 6.45) is 1.20. The fourth-order valence-electron chi connectivity index (χ4n) is 3.40. The zero-order valence-electron chi connectivity index (χ0n) is 14.1. The molecular weight excluding hydrogens is 284 g/mol. The quantitative estimate of drug-likeness (QED) is 0.763. The highest BCUT2D eigenvalue weighted by Crippen LogP contribution is 2.46. The summed E-state index contributed by atoms with van der Waals surface area (Å²) in [6.45, 7) is 9.20. The lowest BCUT2D eigenvalue weighted by atomic mass is 9.75. The van der Waals surface area contributed by atoms with E-state index in [2.05, 4.69) is 88.4 Å². The Morgan fingerprint density at radius 2 is 1.23 bits per heavy atom. The van der Waals surface area contributed by atoms with Gasteiger partial charge in [-0.2, -0.15) is 0 Å². The molecule has 0 spiro atoms. The first-order valence-electron chi connectivity index (χ1n) is 8.19. The molecule has 3 rings (SSSR count). The maximum atomic E-state index is 6.99. The average molecular weight is 311 g/mol. The van der Waals surface area contributed by atoms with Crippen LogP contribution in [0.25, 0.3) is 0 Å². The van der Waals surface area contributed by atoms with Gasteiger partial charge in [0.15, 0.2) is 0 Å². The molecule has 1 saturated heterocycles. The molecule has 0 radical (unpaired) electrons. The van der Waals surface area contributed by atoms with Crippen LogP contribution in [0.1, 0.15) is 34.1 Å². The van der Waals surface area contributed by atoms with Crippen molar-refractivity contribution in [3.8, 4) is 0 Å². The molecule has 0 unspecified atom stereocenters. The molecule has 0 saturated carbocycles. The summed E-state index contributed by atoms with van der Waals surface area (Å²) >= 11 is 0. The Labute approximate surface area is 135 Å². The number of hydrogen-bond acceptors (Lipinski definition) is 1. The molecule has 2 aromatic carbocycles. The van der Waals surface area contributed by atoms with Crippen LogP contribution < -0.4 is 10.4 Å². The predicted molar refractivity (Wildman–Crippen MR) is 96.3 cm³/mol. The van der Waals surface area contributed by atoms with E-state index in [1.807, 2.05) is 0 Å². The molecule has 0 atom stereocenters. The summed E-state index contributed by atoms with van der Waals surface area (Å²) < 4.78 is 6.99. The van der Waals surface area contributed by atoms with E-state index in [0.717, 1.165) is 6.04 Å². The van der Waals surface area contributed by atoms with Gasteiger partial charge in [0, 0.05) is 0 Å². The maximum Gasteiger partial charge on any atom is 0.256 e. The third-order valence-corrected chi connectivity index (χ3v) is 9.99. The molecule has 1 fully saturated rings. The van der Waals surface area contributed by atoms with Gasteiger partial charge in [0.1, 0.15) is 0 Å². The fraction of sp³-hybridized carbons (Fsp3) is 0.400. The standard InChI is InChI=1S/C20H26OSi/c1-19(2)15-16-22(21-20(19,3)4,17-11-7-5-8-12-17)18-13-9-6-10-14-18/h5-14H,15-16H2,1-4H3. The van der Waals surface area contributed by atoms with Crippen LogP contribution in [-0.2, 0) is 4.43 Å². The molecule has 1 aliphatic heterocycles. The van der Waals surface area contributed by atoms with Crippen LogP contribution in [0, 0.1) is 5.41 Å². The van der Waals surface area contributed by atoms with Crippen LogP contribution in [0.4, 0.5) is 0 Å². The Bertz CT molecular complexity index is 592. The van der Waals surface area contributed by atoms with Gasteiger partial charge in [-0.05, 0) is 42.1 Å². The maximum absolute atomic E-state index is 6.99. The Morgan fingerprint density at radius 3 is 1.64 bits per heavy atom. The number of benzene rings is 2. The van der Waals surface area contributed by atoms with Crippen LogP contribution in [0.5, 0.6) is 0 Å². The molecule has 0 aromatic heterocycles. The minimum atomic E-state index is -2.16. The monoisotopic (exact) mass is 310 g/mol. The summed E-state index contributed by atoms with van der Waals surface area (Å²) in [5, 5.41) is 2.79. The Morgan fingerprint density at radius 1 is 0.773 bits per heavy atom. The van der Waals surface area contributed by atoms with Gasteiger partial charge in [0.25, 0.3) is 8.32 Å². The molecule has 22 heavy (non-hydrogen) atoms. The molecule has 0 bridgehead atoms. The van der Waals surface area contributed by atoms with Gasteiger partial charge >= 0.3 is 0 Å². The molecule has 1 nitrogen and oxygen atoms in total. The van der Waals surface area contributed by atoms with E-state index in [1.54, 1.807) is 0 Å². The summed E-state index contributed by atoms with van der Waals surface area (Å²) in [4.78, 5) is 0. The van der Waals surface area contributed by atoms with Crippen molar-refractivity contribution in [2.75, 3.05) is 0 Å². The van der Waals surface area contributed by atoms with Crippen LogP contribution in [0.15, 0.2) is 60.7 Å². The summed E-state index contributed by atoms with van der Waals surface area (Å²) in [6, 6.07) is 22.9. The lowest BCUT2D eigenvalue weighted by Gasteiger charge is -2.53. The molecule has 0 aliphatic carbocycles. The Balaban J connectivity index is 2.14.